The van der Waals surface area contributed by atoms with Crippen LogP contribution in [0.1, 0.15) is 36.9 Å². The molecule has 0 bridgehead atoms. The number of rotatable bonds is 2. The zero-order valence-electron chi connectivity index (χ0n) is 12.7. The second kappa shape index (κ2) is 6.36. The van der Waals surface area contributed by atoms with Crippen LogP contribution in [0.2, 0.25) is 0 Å². The molecule has 0 radical (unpaired) electrons. The van der Waals surface area contributed by atoms with Crippen LogP contribution >= 0.6 is 0 Å². The fraction of sp³-hybridized carbons (Fsp3) is 0.625. The minimum absolute atomic E-state index is 0.167. The number of nitriles is 1. The molecule has 124 valence electrons. The Hall–Kier alpha value is -1.81. The van der Waals surface area contributed by atoms with E-state index in [4.69, 9.17) is 5.26 Å². The van der Waals surface area contributed by atoms with Gasteiger partial charge < -0.3 is 10.2 Å². The molecule has 3 heterocycles. The minimum Gasteiger partial charge on any atom is -0.355 e. The van der Waals surface area contributed by atoms with Crippen LogP contribution in [-0.2, 0) is 6.18 Å². The molecule has 3 rings (SSSR count). The number of halogens is 3. The topological polar surface area (TPSA) is 52.0 Å². The van der Waals surface area contributed by atoms with Crippen LogP contribution in [-0.4, -0.2) is 30.7 Å². The summed E-state index contributed by atoms with van der Waals surface area (Å²) < 4.78 is 38.6. The van der Waals surface area contributed by atoms with Gasteiger partial charge in [0.1, 0.15) is 17.6 Å². The molecule has 1 N–H and O–H groups in total. The molecular formula is C16H19F3N4. The third-order valence-corrected chi connectivity index (χ3v) is 4.79. The number of nitrogens with zero attached hydrogens (tertiary/aromatic N) is 3. The van der Waals surface area contributed by atoms with E-state index in [1.807, 2.05) is 11.0 Å². The number of pyridine rings is 1. The average Bonchev–Trinajstić information content (AvgIpc) is 3.08. The standard InChI is InChI=1S/C16H19F3N4/c17-16(18,19)14-4-3-12(10-20)15(22-14)23-8-5-11(6-9-23)13-2-1-7-21-13/h3-4,11,13,21H,1-2,5-9H2. The Bertz CT molecular complexity index is 594. The molecule has 2 saturated heterocycles. The summed E-state index contributed by atoms with van der Waals surface area (Å²) in [4.78, 5) is 5.54. The van der Waals surface area contributed by atoms with Gasteiger partial charge in [-0.1, -0.05) is 0 Å². The molecule has 1 unspecified atom stereocenters. The Balaban J connectivity index is 1.75. The van der Waals surface area contributed by atoms with Gasteiger partial charge in [-0.05, 0) is 50.3 Å². The number of anilines is 1. The first-order chi connectivity index (χ1) is 11.0. The summed E-state index contributed by atoms with van der Waals surface area (Å²) in [7, 11) is 0. The van der Waals surface area contributed by atoms with Gasteiger partial charge >= 0.3 is 6.18 Å². The summed E-state index contributed by atoms with van der Waals surface area (Å²) in [5.74, 6) is 0.727. The lowest BCUT2D eigenvalue weighted by molar-refractivity contribution is -0.141. The van der Waals surface area contributed by atoms with Crippen molar-refractivity contribution in [1.29, 1.82) is 5.26 Å². The number of piperidine rings is 1. The second-order valence-corrected chi connectivity index (χ2v) is 6.20. The maximum absolute atomic E-state index is 12.9. The van der Waals surface area contributed by atoms with Crippen molar-refractivity contribution in [1.82, 2.24) is 10.3 Å². The molecule has 7 heteroatoms. The lowest BCUT2D eigenvalue weighted by Crippen LogP contribution is -2.41. The lowest BCUT2D eigenvalue weighted by Gasteiger charge is -2.36. The number of alkyl halides is 3. The van der Waals surface area contributed by atoms with Gasteiger partial charge in [-0.25, -0.2) is 4.98 Å². The van der Waals surface area contributed by atoms with Crippen molar-refractivity contribution >= 4 is 5.82 Å². The summed E-state index contributed by atoms with van der Waals surface area (Å²) in [6.07, 6.45) is -0.287. The highest BCUT2D eigenvalue weighted by Crippen LogP contribution is 2.33. The molecule has 1 atom stereocenters. The van der Waals surface area contributed by atoms with Crippen molar-refractivity contribution in [3.63, 3.8) is 0 Å². The van der Waals surface area contributed by atoms with Crippen LogP contribution in [0.3, 0.4) is 0 Å². The van der Waals surface area contributed by atoms with E-state index in [1.54, 1.807) is 0 Å². The molecule has 2 aliphatic rings. The van der Waals surface area contributed by atoms with E-state index in [1.165, 1.54) is 18.9 Å². The molecule has 1 aromatic heterocycles. The Morgan fingerprint density at radius 2 is 1.96 bits per heavy atom. The van der Waals surface area contributed by atoms with Gasteiger partial charge in [0.2, 0.25) is 0 Å². The fourth-order valence-corrected chi connectivity index (χ4v) is 3.56. The Labute approximate surface area is 133 Å². The van der Waals surface area contributed by atoms with E-state index in [-0.39, 0.29) is 11.4 Å². The van der Waals surface area contributed by atoms with Crippen LogP contribution in [0.25, 0.3) is 0 Å². The van der Waals surface area contributed by atoms with Gasteiger partial charge in [0.15, 0.2) is 0 Å². The average molecular weight is 324 g/mol. The highest BCUT2D eigenvalue weighted by molar-refractivity contribution is 5.54. The van der Waals surface area contributed by atoms with E-state index in [9.17, 15) is 13.2 Å². The number of aromatic nitrogens is 1. The van der Waals surface area contributed by atoms with Gasteiger partial charge in [0, 0.05) is 19.1 Å². The third-order valence-electron chi connectivity index (χ3n) is 4.79. The van der Waals surface area contributed by atoms with Crippen molar-refractivity contribution < 1.29 is 13.2 Å². The SMILES string of the molecule is N#Cc1ccc(C(F)(F)F)nc1N1CCC(C2CCCN2)CC1. The fourth-order valence-electron chi connectivity index (χ4n) is 3.56. The number of hydrogen-bond acceptors (Lipinski definition) is 4. The number of nitrogens with one attached hydrogen (secondary N) is 1. The van der Waals surface area contributed by atoms with E-state index < -0.39 is 11.9 Å². The van der Waals surface area contributed by atoms with Crippen LogP contribution in [0.4, 0.5) is 19.0 Å². The quantitative estimate of drug-likeness (QED) is 0.909. The highest BCUT2D eigenvalue weighted by Gasteiger charge is 2.35. The molecule has 0 amide bonds. The van der Waals surface area contributed by atoms with Crippen molar-refractivity contribution in [2.45, 2.75) is 37.9 Å². The van der Waals surface area contributed by atoms with Crippen molar-refractivity contribution in [3.8, 4) is 6.07 Å². The van der Waals surface area contributed by atoms with Gasteiger partial charge in [-0.15, -0.1) is 0 Å². The Kier molecular flexibility index (Phi) is 4.44. The third kappa shape index (κ3) is 3.42. The van der Waals surface area contributed by atoms with E-state index in [0.717, 1.165) is 25.5 Å². The molecule has 4 nitrogen and oxygen atoms in total. The predicted octanol–water partition coefficient (Wildman–Crippen LogP) is 2.94. The van der Waals surface area contributed by atoms with Crippen LogP contribution < -0.4 is 10.2 Å². The molecular weight excluding hydrogens is 305 g/mol. The Morgan fingerprint density at radius 3 is 2.52 bits per heavy atom. The monoisotopic (exact) mass is 324 g/mol. The Morgan fingerprint density at radius 1 is 1.22 bits per heavy atom. The zero-order chi connectivity index (χ0) is 16.4. The predicted molar refractivity (Wildman–Crippen MR) is 79.9 cm³/mol. The summed E-state index contributed by atoms with van der Waals surface area (Å²) in [6.45, 7) is 2.34. The molecule has 0 aromatic carbocycles. The van der Waals surface area contributed by atoms with E-state index >= 15 is 0 Å². The first-order valence-electron chi connectivity index (χ1n) is 7.95. The highest BCUT2D eigenvalue weighted by atomic mass is 19.4. The number of hydrogen-bond donors (Lipinski definition) is 1. The maximum Gasteiger partial charge on any atom is 0.433 e. The summed E-state index contributed by atoms with van der Waals surface area (Å²) >= 11 is 0. The summed E-state index contributed by atoms with van der Waals surface area (Å²) in [5, 5.41) is 12.7. The normalized spacial score (nSPS) is 23.0. The van der Waals surface area contributed by atoms with Gasteiger partial charge in [-0.2, -0.15) is 18.4 Å². The lowest BCUT2D eigenvalue weighted by atomic mass is 9.88. The van der Waals surface area contributed by atoms with Crippen molar-refractivity contribution in [3.05, 3.63) is 23.4 Å². The van der Waals surface area contributed by atoms with Crippen LogP contribution in [0.5, 0.6) is 0 Å². The van der Waals surface area contributed by atoms with Crippen molar-refractivity contribution in [2.24, 2.45) is 5.92 Å². The molecule has 2 aliphatic heterocycles. The molecule has 23 heavy (non-hydrogen) atoms. The largest absolute Gasteiger partial charge is 0.433 e. The van der Waals surface area contributed by atoms with E-state index in [2.05, 4.69) is 10.3 Å². The van der Waals surface area contributed by atoms with Crippen molar-refractivity contribution in [2.75, 3.05) is 24.5 Å². The minimum atomic E-state index is -4.49. The smallest absolute Gasteiger partial charge is 0.355 e. The van der Waals surface area contributed by atoms with Gasteiger partial charge in [0.05, 0.1) is 5.56 Å². The molecule has 1 aromatic rings. The van der Waals surface area contributed by atoms with Crippen LogP contribution in [0, 0.1) is 17.2 Å². The first-order valence-corrected chi connectivity index (χ1v) is 7.95. The molecule has 2 fully saturated rings. The first kappa shape index (κ1) is 16.1. The second-order valence-electron chi connectivity index (χ2n) is 6.20. The molecule has 0 spiro atoms. The molecule has 0 aliphatic carbocycles. The summed E-state index contributed by atoms with van der Waals surface area (Å²) in [6, 6.07) is 4.57. The van der Waals surface area contributed by atoms with E-state index in [0.29, 0.717) is 25.0 Å². The summed E-state index contributed by atoms with van der Waals surface area (Å²) in [5.41, 5.74) is -0.735. The van der Waals surface area contributed by atoms with Crippen LogP contribution in [0.15, 0.2) is 12.1 Å². The zero-order valence-corrected chi connectivity index (χ0v) is 12.7. The molecule has 0 saturated carbocycles. The van der Waals surface area contributed by atoms with Gasteiger partial charge in [0.25, 0.3) is 0 Å². The van der Waals surface area contributed by atoms with Gasteiger partial charge in [-0.3, -0.25) is 0 Å². The maximum atomic E-state index is 12.9.